The van der Waals surface area contributed by atoms with E-state index in [4.69, 9.17) is 5.73 Å². The van der Waals surface area contributed by atoms with Crippen LogP contribution in [0.4, 0.5) is 5.82 Å². The first-order valence-electron chi connectivity index (χ1n) is 11.1. The van der Waals surface area contributed by atoms with Crippen molar-refractivity contribution in [3.05, 3.63) is 24.4 Å². The molecule has 4 heteroatoms. The van der Waals surface area contributed by atoms with Crippen molar-refractivity contribution in [2.24, 2.45) is 0 Å². The number of unbranched alkanes of at least 4 members (excludes halogenated alkanes) is 13. The summed E-state index contributed by atoms with van der Waals surface area (Å²) in [5.74, 6) is -0.289. The second kappa shape index (κ2) is 15.5. The summed E-state index contributed by atoms with van der Waals surface area (Å²) in [4.78, 5) is 11.5. The molecular weight excluding hydrogens is 336 g/mol. The van der Waals surface area contributed by atoms with Crippen LogP contribution in [0.3, 0.4) is 0 Å². The van der Waals surface area contributed by atoms with E-state index in [1.165, 1.54) is 77.0 Å². The molecule has 0 bridgehead atoms. The number of aromatic nitrogens is 1. The third kappa shape index (κ3) is 11.0. The molecule has 1 unspecified atom stereocenters. The van der Waals surface area contributed by atoms with Gasteiger partial charge in [0.05, 0.1) is 6.20 Å². The average Bonchev–Trinajstić information content (AvgIpc) is 2.65. The minimum absolute atomic E-state index is 0.510. The fraction of sp³-hybridized carbons (Fsp3) is 0.739. The number of nitrogens with two attached hydrogens (primary N) is 1. The largest absolute Gasteiger partial charge is 0.478 e. The Morgan fingerprint density at radius 3 is 1.81 bits per heavy atom. The van der Waals surface area contributed by atoms with E-state index in [0.717, 1.165) is 12.8 Å². The Labute approximate surface area is 166 Å². The number of carboxylic acid groups (broad SMARTS) is 1. The van der Waals surface area contributed by atoms with E-state index < -0.39 is 12.0 Å². The van der Waals surface area contributed by atoms with Gasteiger partial charge in [-0.1, -0.05) is 96.5 Å². The highest BCUT2D eigenvalue weighted by atomic mass is 16.4. The van der Waals surface area contributed by atoms with Crippen molar-refractivity contribution < 1.29 is 14.5 Å². The lowest BCUT2D eigenvalue weighted by molar-refractivity contribution is -0.697. The first-order valence-corrected chi connectivity index (χ1v) is 11.1. The number of pyridine rings is 1. The van der Waals surface area contributed by atoms with Crippen LogP contribution in [0.1, 0.15) is 109 Å². The molecule has 1 heterocycles. The number of nitrogens with zero attached hydrogens (tertiary/aromatic N) is 1. The predicted molar refractivity (Wildman–Crippen MR) is 113 cm³/mol. The molecule has 1 atom stereocenters. The van der Waals surface area contributed by atoms with E-state index in [1.54, 1.807) is 16.8 Å². The van der Waals surface area contributed by atoms with Gasteiger partial charge in [-0.25, -0.2) is 9.36 Å². The third-order valence-electron chi connectivity index (χ3n) is 5.37. The molecule has 0 saturated heterocycles. The number of nitrogen functional groups attached to an aromatic ring is 1. The topological polar surface area (TPSA) is 67.2 Å². The minimum Gasteiger partial charge on any atom is -0.478 e. The molecule has 0 radical (unpaired) electrons. The van der Waals surface area contributed by atoms with Crippen LogP contribution in [0, 0.1) is 0 Å². The van der Waals surface area contributed by atoms with Crippen LogP contribution in [0.25, 0.3) is 0 Å². The van der Waals surface area contributed by atoms with Crippen molar-refractivity contribution in [2.45, 2.75) is 109 Å². The van der Waals surface area contributed by atoms with E-state index in [-0.39, 0.29) is 0 Å². The minimum atomic E-state index is -0.799. The maximum Gasteiger partial charge on any atom is 0.349 e. The van der Waals surface area contributed by atoms with Gasteiger partial charge in [-0.2, -0.15) is 0 Å². The smallest absolute Gasteiger partial charge is 0.349 e. The first kappa shape index (κ1) is 23.5. The fourth-order valence-corrected chi connectivity index (χ4v) is 3.67. The highest BCUT2D eigenvalue weighted by molar-refractivity contribution is 5.70. The normalized spacial score (nSPS) is 12.2. The van der Waals surface area contributed by atoms with Crippen LogP contribution in [0.2, 0.25) is 0 Å². The van der Waals surface area contributed by atoms with Gasteiger partial charge in [0.25, 0.3) is 5.82 Å². The van der Waals surface area contributed by atoms with Gasteiger partial charge in [0.15, 0.2) is 6.04 Å². The average molecular weight is 378 g/mol. The highest BCUT2D eigenvalue weighted by Crippen LogP contribution is 2.16. The van der Waals surface area contributed by atoms with Crippen LogP contribution in [0.15, 0.2) is 24.4 Å². The van der Waals surface area contributed by atoms with Crippen LogP contribution in [-0.4, -0.2) is 11.1 Å². The fourth-order valence-electron chi connectivity index (χ4n) is 3.67. The molecule has 1 rings (SSSR count). The molecule has 0 spiro atoms. The molecule has 0 aliphatic rings. The Morgan fingerprint density at radius 2 is 1.37 bits per heavy atom. The summed E-state index contributed by atoms with van der Waals surface area (Å²) in [6, 6.07) is 4.86. The monoisotopic (exact) mass is 377 g/mol. The molecule has 0 fully saturated rings. The second-order valence-corrected chi connectivity index (χ2v) is 7.77. The molecule has 0 saturated carbocycles. The highest BCUT2D eigenvalue weighted by Gasteiger charge is 2.24. The summed E-state index contributed by atoms with van der Waals surface area (Å²) in [6.45, 7) is 2.27. The van der Waals surface area contributed by atoms with Crippen LogP contribution in [0.5, 0.6) is 0 Å². The molecule has 154 valence electrons. The molecular formula is C23H41N2O2+. The van der Waals surface area contributed by atoms with Gasteiger partial charge in [0.1, 0.15) is 0 Å². The van der Waals surface area contributed by atoms with Gasteiger partial charge in [0, 0.05) is 6.07 Å². The zero-order valence-electron chi connectivity index (χ0n) is 17.4. The summed E-state index contributed by atoms with van der Waals surface area (Å²) in [5.41, 5.74) is 5.91. The Balaban J connectivity index is 2.00. The first-order chi connectivity index (χ1) is 13.2. The molecule has 3 N–H and O–H groups in total. The third-order valence-corrected chi connectivity index (χ3v) is 5.37. The second-order valence-electron chi connectivity index (χ2n) is 7.77. The lowest BCUT2D eigenvalue weighted by Crippen LogP contribution is -2.45. The molecule has 0 amide bonds. The van der Waals surface area contributed by atoms with Crippen LogP contribution >= 0.6 is 0 Å². The molecule has 27 heavy (non-hydrogen) atoms. The Kier molecular flexibility index (Phi) is 13.4. The number of hydrogen-bond acceptors (Lipinski definition) is 2. The summed E-state index contributed by atoms with van der Waals surface area (Å²) >= 11 is 0. The van der Waals surface area contributed by atoms with E-state index in [2.05, 4.69) is 6.92 Å². The molecule has 0 aliphatic heterocycles. The number of carbonyl (C=O) groups is 1. The zero-order chi connectivity index (χ0) is 19.7. The van der Waals surface area contributed by atoms with E-state index in [9.17, 15) is 9.90 Å². The molecule has 4 nitrogen and oxygen atoms in total. The van der Waals surface area contributed by atoms with Gasteiger partial charge in [-0.3, -0.25) is 5.73 Å². The summed E-state index contributed by atoms with van der Waals surface area (Å²) in [6.07, 6.45) is 20.7. The SMILES string of the molecule is CCCCCCCCCCCCCCCCC(C(=O)O)[n+]1ccccc1N. The number of anilines is 1. The predicted octanol–water partition coefficient (Wildman–Crippen LogP) is 6.05. The lowest BCUT2D eigenvalue weighted by atomic mass is 10.0. The molecule has 0 aromatic carbocycles. The van der Waals surface area contributed by atoms with Crippen LogP contribution in [-0.2, 0) is 4.79 Å². The standard InChI is InChI=1S/C23H40N2O2/c1-2-3-4-5-6-7-8-9-10-11-12-13-14-15-18-21(23(26)27)25-20-17-16-19-22(25)24/h16-17,19-21,24H,2-15,18H2,1H3,(H,26,27)/p+1. The Hall–Kier alpha value is -1.58. The number of hydrogen-bond donors (Lipinski definition) is 2. The van der Waals surface area contributed by atoms with E-state index in [0.29, 0.717) is 12.2 Å². The summed E-state index contributed by atoms with van der Waals surface area (Å²) in [7, 11) is 0. The van der Waals surface area contributed by atoms with Gasteiger partial charge in [0.2, 0.25) is 0 Å². The van der Waals surface area contributed by atoms with Crippen molar-refractivity contribution >= 4 is 11.8 Å². The summed E-state index contributed by atoms with van der Waals surface area (Å²) in [5, 5.41) is 9.48. The molecule has 0 aliphatic carbocycles. The maximum absolute atomic E-state index is 11.5. The quantitative estimate of drug-likeness (QED) is 0.256. The zero-order valence-corrected chi connectivity index (χ0v) is 17.4. The maximum atomic E-state index is 11.5. The van der Waals surface area contributed by atoms with Crippen molar-refractivity contribution in [2.75, 3.05) is 5.73 Å². The van der Waals surface area contributed by atoms with Crippen molar-refractivity contribution in [3.8, 4) is 0 Å². The molecule has 1 aromatic heterocycles. The van der Waals surface area contributed by atoms with Crippen molar-refractivity contribution in [1.82, 2.24) is 0 Å². The lowest BCUT2D eigenvalue weighted by Gasteiger charge is -2.12. The number of aliphatic carboxylic acids is 1. The van der Waals surface area contributed by atoms with E-state index >= 15 is 0 Å². The van der Waals surface area contributed by atoms with E-state index in [1.807, 2.05) is 12.1 Å². The van der Waals surface area contributed by atoms with Gasteiger partial charge in [-0.05, 0) is 18.9 Å². The summed E-state index contributed by atoms with van der Waals surface area (Å²) < 4.78 is 1.67. The van der Waals surface area contributed by atoms with Gasteiger partial charge < -0.3 is 5.11 Å². The van der Waals surface area contributed by atoms with Crippen molar-refractivity contribution in [1.29, 1.82) is 0 Å². The van der Waals surface area contributed by atoms with Gasteiger partial charge in [-0.15, -0.1) is 0 Å². The number of carboxylic acids is 1. The Morgan fingerprint density at radius 1 is 0.889 bits per heavy atom. The molecule has 1 aromatic rings. The van der Waals surface area contributed by atoms with Crippen LogP contribution < -0.4 is 10.3 Å². The van der Waals surface area contributed by atoms with Crippen molar-refractivity contribution in [3.63, 3.8) is 0 Å². The Bertz CT molecular complexity index is 505. The number of rotatable bonds is 17. The van der Waals surface area contributed by atoms with Gasteiger partial charge >= 0.3 is 5.97 Å².